The van der Waals surface area contributed by atoms with Crippen molar-refractivity contribution in [1.29, 1.82) is 0 Å². The predicted molar refractivity (Wildman–Crippen MR) is 131 cm³/mol. The van der Waals surface area contributed by atoms with E-state index in [1.165, 1.54) is 0 Å². The number of nitrogens with zero attached hydrogens (tertiary/aromatic N) is 3. The number of amides is 2. The minimum absolute atomic E-state index is 0.102. The molecule has 0 aliphatic carbocycles. The van der Waals surface area contributed by atoms with Gasteiger partial charge in [-0.2, -0.15) is 5.10 Å². The van der Waals surface area contributed by atoms with Gasteiger partial charge in [0.1, 0.15) is 35.2 Å². The molecular weight excluding hydrogens is 446 g/mol. The fourth-order valence-corrected chi connectivity index (χ4v) is 5.11. The number of aromatic nitrogens is 2. The summed E-state index contributed by atoms with van der Waals surface area (Å²) < 4.78 is 7.80. The van der Waals surface area contributed by atoms with Gasteiger partial charge in [0.2, 0.25) is 5.91 Å². The molecule has 9 heteroatoms. The highest BCUT2D eigenvalue weighted by atomic mass is 16.5. The Labute approximate surface area is 203 Å². The van der Waals surface area contributed by atoms with Gasteiger partial charge in [-0.05, 0) is 61.6 Å². The molecule has 2 aromatic carbocycles. The Morgan fingerprint density at radius 3 is 2.37 bits per heavy atom. The van der Waals surface area contributed by atoms with Gasteiger partial charge in [-0.25, -0.2) is 4.68 Å². The number of primary amides is 1. The lowest BCUT2D eigenvalue weighted by Gasteiger charge is -2.38. The van der Waals surface area contributed by atoms with E-state index in [1.54, 1.807) is 4.90 Å². The Bertz CT molecular complexity index is 1200. The third-order valence-corrected chi connectivity index (χ3v) is 6.88. The largest absolute Gasteiger partial charge is 0.457 e. The molecule has 0 radical (unpaired) electrons. The number of anilines is 1. The average molecular weight is 476 g/mol. The Hall–Kier alpha value is -3.85. The first-order valence-electron chi connectivity index (χ1n) is 11.9. The number of carbonyl (C=O) groups is 2. The zero-order chi connectivity index (χ0) is 24.4. The van der Waals surface area contributed by atoms with Crippen molar-refractivity contribution < 1.29 is 19.4 Å². The molecule has 0 spiro atoms. The van der Waals surface area contributed by atoms with E-state index < -0.39 is 12.5 Å². The van der Waals surface area contributed by atoms with Crippen LogP contribution in [0, 0.1) is 5.92 Å². The highest BCUT2D eigenvalue weighted by Crippen LogP contribution is 2.40. The molecule has 2 amide bonds. The molecular formula is C26H29N5O4. The van der Waals surface area contributed by atoms with Gasteiger partial charge in [-0.3, -0.25) is 9.59 Å². The molecule has 1 atom stereocenters. The molecule has 9 nitrogen and oxygen atoms in total. The van der Waals surface area contributed by atoms with Crippen LogP contribution in [0.25, 0.3) is 11.3 Å². The number of benzene rings is 2. The van der Waals surface area contributed by atoms with Gasteiger partial charge in [0, 0.05) is 25.2 Å². The second-order valence-corrected chi connectivity index (χ2v) is 8.98. The van der Waals surface area contributed by atoms with Gasteiger partial charge in [0.25, 0.3) is 5.91 Å². The number of hydrogen-bond donors (Lipinski definition) is 3. The Kier molecular flexibility index (Phi) is 6.41. The zero-order valence-corrected chi connectivity index (χ0v) is 19.4. The van der Waals surface area contributed by atoms with Crippen LogP contribution in [0.1, 0.15) is 35.7 Å². The number of carbonyl (C=O) groups excluding carboxylic acids is 2. The van der Waals surface area contributed by atoms with Crippen molar-refractivity contribution in [3.05, 3.63) is 60.2 Å². The highest BCUT2D eigenvalue weighted by molar-refractivity contribution is 6.03. The van der Waals surface area contributed by atoms with Crippen molar-refractivity contribution in [3.63, 3.8) is 0 Å². The highest BCUT2D eigenvalue weighted by Gasteiger charge is 2.35. The first-order chi connectivity index (χ1) is 17.0. The maximum atomic E-state index is 12.5. The molecule has 2 aliphatic rings. The van der Waals surface area contributed by atoms with E-state index in [9.17, 15) is 9.59 Å². The van der Waals surface area contributed by atoms with Crippen molar-refractivity contribution in [3.8, 4) is 22.8 Å². The van der Waals surface area contributed by atoms with Crippen molar-refractivity contribution >= 4 is 17.6 Å². The first kappa shape index (κ1) is 22.9. The Morgan fingerprint density at radius 2 is 1.71 bits per heavy atom. The van der Waals surface area contributed by atoms with Crippen LogP contribution in [0.5, 0.6) is 11.5 Å². The molecule has 3 heterocycles. The fourth-order valence-electron chi connectivity index (χ4n) is 5.11. The molecule has 4 N–H and O–H groups in total. The molecule has 182 valence electrons. The van der Waals surface area contributed by atoms with Gasteiger partial charge in [-0.15, -0.1) is 0 Å². The van der Waals surface area contributed by atoms with Crippen LogP contribution in [0.4, 0.5) is 5.82 Å². The van der Waals surface area contributed by atoms with Crippen molar-refractivity contribution in [1.82, 2.24) is 14.7 Å². The number of nitrogens with one attached hydrogen (secondary N) is 1. The van der Waals surface area contributed by atoms with Crippen LogP contribution in [0.3, 0.4) is 0 Å². The van der Waals surface area contributed by atoms with E-state index in [0.717, 1.165) is 37.1 Å². The van der Waals surface area contributed by atoms with E-state index in [4.69, 9.17) is 20.7 Å². The minimum atomic E-state index is -0.526. The third-order valence-electron chi connectivity index (χ3n) is 6.88. The SMILES string of the molecule is NC(=O)c1c(-c2ccc(Oc3ccccc3)cc2)nn2c1NCC[C@H]2C1CCN(C(=O)CO)CC1. The molecule has 1 saturated heterocycles. The summed E-state index contributed by atoms with van der Waals surface area (Å²) in [4.78, 5) is 26.1. The second kappa shape index (κ2) is 9.79. The number of ether oxygens (including phenoxy) is 1. The molecule has 35 heavy (non-hydrogen) atoms. The van der Waals surface area contributed by atoms with Crippen LogP contribution < -0.4 is 15.8 Å². The summed E-state index contributed by atoms with van der Waals surface area (Å²) in [5, 5.41) is 17.4. The zero-order valence-electron chi connectivity index (χ0n) is 19.4. The van der Waals surface area contributed by atoms with Gasteiger partial charge in [0.15, 0.2) is 0 Å². The Balaban J connectivity index is 1.41. The monoisotopic (exact) mass is 475 g/mol. The Morgan fingerprint density at radius 1 is 1.03 bits per heavy atom. The third kappa shape index (κ3) is 4.59. The quantitative estimate of drug-likeness (QED) is 0.504. The van der Waals surface area contributed by atoms with Gasteiger partial charge in [0.05, 0.1) is 6.04 Å². The van der Waals surface area contributed by atoms with Crippen LogP contribution in [0.2, 0.25) is 0 Å². The van der Waals surface area contributed by atoms with Gasteiger partial charge >= 0.3 is 0 Å². The lowest BCUT2D eigenvalue weighted by atomic mass is 9.87. The summed E-state index contributed by atoms with van der Waals surface area (Å²) in [6.45, 7) is 1.49. The van der Waals surface area contributed by atoms with Crippen molar-refractivity contribution in [2.75, 3.05) is 31.6 Å². The van der Waals surface area contributed by atoms with Crippen molar-refractivity contribution in [2.24, 2.45) is 11.7 Å². The van der Waals surface area contributed by atoms with Crippen LogP contribution in [-0.4, -0.2) is 57.8 Å². The predicted octanol–water partition coefficient (Wildman–Crippen LogP) is 3.03. The lowest BCUT2D eigenvalue weighted by Crippen LogP contribution is -2.42. The molecule has 1 aromatic heterocycles. The maximum absolute atomic E-state index is 12.5. The lowest BCUT2D eigenvalue weighted by molar-refractivity contribution is -0.135. The summed E-state index contributed by atoms with van der Waals surface area (Å²) in [6, 6.07) is 17.1. The van der Waals surface area contributed by atoms with E-state index in [2.05, 4.69) is 5.32 Å². The number of aliphatic hydroxyl groups excluding tert-OH is 1. The molecule has 3 aromatic rings. The van der Waals surface area contributed by atoms with Crippen molar-refractivity contribution in [2.45, 2.75) is 25.3 Å². The topological polar surface area (TPSA) is 123 Å². The summed E-state index contributed by atoms with van der Waals surface area (Å²) in [5.41, 5.74) is 7.54. The fraction of sp³-hybridized carbons (Fsp3) is 0.346. The van der Waals surface area contributed by atoms with E-state index >= 15 is 0 Å². The number of piperidine rings is 1. The number of nitrogens with two attached hydrogens (primary N) is 1. The van der Waals surface area contributed by atoms with Crippen LogP contribution >= 0.6 is 0 Å². The standard InChI is InChI=1S/C26H29N5O4/c27-25(34)23-24(18-6-8-20(9-7-18)35-19-4-2-1-3-5-19)29-31-21(10-13-28-26(23)31)17-11-14-30(15-12-17)22(33)16-32/h1-9,17,21,28,32H,10-16H2,(H2,27,34)/t21-/m0/s1. The molecule has 1 fully saturated rings. The van der Waals surface area contributed by atoms with E-state index in [-0.39, 0.29) is 11.9 Å². The molecule has 2 aliphatic heterocycles. The summed E-state index contributed by atoms with van der Waals surface area (Å²) in [5.74, 6) is 1.64. The number of aliphatic hydroxyl groups is 1. The van der Waals surface area contributed by atoms with E-state index in [0.29, 0.717) is 41.8 Å². The normalized spacial score (nSPS) is 18.0. The molecule has 5 rings (SSSR count). The number of likely N-dealkylation sites (tertiary alicyclic amines) is 1. The first-order valence-corrected chi connectivity index (χ1v) is 11.9. The number of hydrogen-bond acceptors (Lipinski definition) is 6. The smallest absolute Gasteiger partial charge is 0.254 e. The molecule has 0 unspecified atom stereocenters. The molecule has 0 bridgehead atoms. The summed E-state index contributed by atoms with van der Waals surface area (Å²) >= 11 is 0. The number of fused-ring (bicyclic) bond motifs is 1. The number of rotatable bonds is 6. The minimum Gasteiger partial charge on any atom is -0.457 e. The summed E-state index contributed by atoms with van der Waals surface area (Å²) in [6.07, 6.45) is 2.51. The van der Waals surface area contributed by atoms with Gasteiger partial charge < -0.3 is 25.8 Å². The second-order valence-electron chi connectivity index (χ2n) is 8.98. The van der Waals surface area contributed by atoms with E-state index in [1.807, 2.05) is 59.3 Å². The average Bonchev–Trinajstić information content (AvgIpc) is 3.29. The maximum Gasteiger partial charge on any atom is 0.254 e. The van der Waals surface area contributed by atoms with Crippen LogP contribution in [-0.2, 0) is 4.79 Å². The molecule has 0 saturated carbocycles. The number of para-hydroxylation sites is 1. The van der Waals surface area contributed by atoms with Crippen LogP contribution in [0.15, 0.2) is 54.6 Å². The summed E-state index contributed by atoms with van der Waals surface area (Å²) in [7, 11) is 0. The van der Waals surface area contributed by atoms with Gasteiger partial charge in [-0.1, -0.05) is 18.2 Å².